The van der Waals surface area contributed by atoms with Gasteiger partial charge < -0.3 is 11.1 Å². The Morgan fingerprint density at radius 2 is 2.00 bits per heavy atom. The molecule has 0 saturated heterocycles. The first-order valence-electron chi connectivity index (χ1n) is 5.98. The lowest BCUT2D eigenvalue weighted by Gasteiger charge is -2.24. The maximum absolute atomic E-state index is 12.7. The van der Waals surface area contributed by atoms with Crippen LogP contribution < -0.4 is 11.1 Å². The molecular formula is C11H17F3N2O. The van der Waals surface area contributed by atoms with Gasteiger partial charge in [0, 0.05) is 5.92 Å². The molecule has 2 fully saturated rings. The molecule has 3 nitrogen and oxygen atoms in total. The Kier molecular flexibility index (Phi) is 3.10. The van der Waals surface area contributed by atoms with Crippen LogP contribution in [0.4, 0.5) is 13.2 Å². The van der Waals surface area contributed by atoms with E-state index in [9.17, 15) is 18.0 Å². The van der Waals surface area contributed by atoms with E-state index in [1.807, 2.05) is 0 Å². The summed E-state index contributed by atoms with van der Waals surface area (Å²) < 4.78 is 38.0. The second-order valence-corrected chi connectivity index (χ2v) is 5.10. The third kappa shape index (κ3) is 2.27. The van der Waals surface area contributed by atoms with Crippen molar-refractivity contribution in [3.63, 3.8) is 0 Å². The smallest absolute Gasteiger partial charge is 0.342 e. The Labute approximate surface area is 97.9 Å². The molecule has 1 amide bonds. The third-order valence-corrected chi connectivity index (χ3v) is 3.95. The van der Waals surface area contributed by atoms with Gasteiger partial charge >= 0.3 is 6.18 Å². The SMILES string of the molecule is NCC1CCCC1C(=O)NC1(C(F)(F)F)CC1. The minimum Gasteiger partial charge on any atom is -0.342 e. The molecule has 0 aromatic rings. The highest BCUT2D eigenvalue weighted by Crippen LogP contribution is 2.49. The summed E-state index contributed by atoms with van der Waals surface area (Å²) in [6, 6.07) is 0. The van der Waals surface area contributed by atoms with Crippen molar-refractivity contribution in [2.75, 3.05) is 6.54 Å². The number of nitrogens with one attached hydrogen (secondary N) is 1. The maximum atomic E-state index is 12.7. The summed E-state index contributed by atoms with van der Waals surface area (Å²) in [7, 11) is 0. The molecular weight excluding hydrogens is 233 g/mol. The van der Waals surface area contributed by atoms with Crippen molar-refractivity contribution in [2.24, 2.45) is 17.6 Å². The Morgan fingerprint density at radius 1 is 1.35 bits per heavy atom. The Morgan fingerprint density at radius 3 is 2.47 bits per heavy atom. The van der Waals surface area contributed by atoms with Crippen LogP contribution in [0.5, 0.6) is 0 Å². The van der Waals surface area contributed by atoms with E-state index in [0.717, 1.165) is 12.8 Å². The van der Waals surface area contributed by atoms with Crippen LogP contribution in [0, 0.1) is 11.8 Å². The van der Waals surface area contributed by atoms with Gasteiger partial charge in [-0.2, -0.15) is 13.2 Å². The second-order valence-electron chi connectivity index (χ2n) is 5.10. The van der Waals surface area contributed by atoms with Crippen LogP contribution in [0.2, 0.25) is 0 Å². The predicted octanol–water partition coefficient (Wildman–Crippen LogP) is 1.57. The molecule has 0 radical (unpaired) electrons. The van der Waals surface area contributed by atoms with Crippen molar-refractivity contribution in [1.29, 1.82) is 0 Å². The molecule has 0 spiro atoms. The second kappa shape index (κ2) is 4.15. The molecule has 98 valence electrons. The quantitative estimate of drug-likeness (QED) is 0.799. The maximum Gasteiger partial charge on any atom is 0.411 e. The molecule has 0 bridgehead atoms. The van der Waals surface area contributed by atoms with Crippen LogP contribution in [-0.4, -0.2) is 24.2 Å². The zero-order valence-corrected chi connectivity index (χ0v) is 9.52. The average molecular weight is 250 g/mol. The number of amides is 1. The van der Waals surface area contributed by atoms with Gasteiger partial charge in [0.05, 0.1) is 0 Å². The van der Waals surface area contributed by atoms with Gasteiger partial charge in [-0.15, -0.1) is 0 Å². The van der Waals surface area contributed by atoms with E-state index in [2.05, 4.69) is 5.32 Å². The van der Waals surface area contributed by atoms with E-state index >= 15 is 0 Å². The van der Waals surface area contributed by atoms with Crippen LogP contribution in [0.25, 0.3) is 0 Å². The van der Waals surface area contributed by atoms with Crippen LogP contribution in [-0.2, 0) is 4.79 Å². The van der Waals surface area contributed by atoms with E-state index < -0.39 is 17.6 Å². The van der Waals surface area contributed by atoms with Gasteiger partial charge in [0.15, 0.2) is 0 Å². The molecule has 3 N–H and O–H groups in total. The fraction of sp³-hybridized carbons (Fsp3) is 0.909. The topological polar surface area (TPSA) is 55.1 Å². The summed E-state index contributed by atoms with van der Waals surface area (Å²) in [6.45, 7) is 0.372. The zero-order chi connectivity index (χ0) is 12.7. The van der Waals surface area contributed by atoms with Crippen molar-refractivity contribution in [3.05, 3.63) is 0 Å². The van der Waals surface area contributed by atoms with Crippen LogP contribution >= 0.6 is 0 Å². The van der Waals surface area contributed by atoms with Gasteiger partial charge in [0.1, 0.15) is 5.54 Å². The molecule has 2 aliphatic rings. The van der Waals surface area contributed by atoms with Crippen LogP contribution in [0.15, 0.2) is 0 Å². The molecule has 6 heteroatoms. The number of carbonyl (C=O) groups is 1. The van der Waals surface area contributed by atoms with Crippen molar-refractivity contribution in [3.8, 4) is 0 Å². The van der Waals surface area contributed by atoms with E-state index in [0.29, 0.717) is 13.0 Å². The standard InChI is InChI=1S/C11H17F3N2O/c12-11(13,14)10(4-5-10)16-9(17)8-3-1-2-7(8)6-15/h7-8H,1-6,15H2,(H,16,17). The van der Waals surface area contributed by atoms with Crippen molar-refractivity contribution < 1.29 is 18.0 Å². The monoisotopic (exact) mass is 250 g/mol. The van der Waals surface area contributed by atoms with Crippen LogP contribution in [0.1, 0.15) is 32.1 Å². The molecule has 0 heterocycles. The molecule has 2 rings (SSSR count). The van der Waals surface area contributed by atoms with E-state index in [4.69, 9.17) is 5.73 Å². The van der Waals surface area contributed by atoms with Crippen molar-refractivity contribution in [1.82, 2.24) is 5.32 Å². The lowest BCUT2D eigenvalue weighted by atomic mass is 9.95. The van der Waals surface area contributed by atoms with Gasteiger partial charge in [0.25, 0.3) is 0 Å². The number of alkyl halides is 3. The Bertz CT molecular complexity index is 312. The van der Waals surface area contributed by atoms with Crippen molar-refractivity contribution in [2.45, 2.75) is 43.8 Å². The summed E-state index contributed by atoms with van der Waals surface area (Å²) in [4.78, 5) is 11.9. The van der Waals surface area contributed by atoms with Gasteiger partial charge in [-0.3, -0.25) is 4.79 Å². The summed E-state index contributed by atoms with van der Waals surface area (Å²) in [5.41, 5.74) is 3.59. The number of halogens is 3. The fourth-order valence-electron chi connectivity index (χ4n) is 2.60. The van der Waals surface area contributed by atoms with Gasteiger partial charge in [-0.1, -0.05) is 6.42 Å². The molecule has 2 atom stereocenters. The highest BCUT2D eigenvalue weighted by atomic mass is 19.4. The van der Waals surface area contributed by atoms with Gasteiger partial charge in [-0.25, -0.2) is 0 Å². The summed E-state index contributed by atoms with van der Waals surface area (Å²) in [6.07, 6.45) is -1.96. The van der Waals surface area contributed by atoms with Crippen LogP contribution in [0.3, 0.4) is 0 Å². The zero-order valence-electron chi connectivity index (χ0n) is 9.52. The highest BCUT2D eigenvalue weighted by Gasteiger charge is 2.64. The molecule has 0 aliphatic heterocycles. The first-order valence-corrected chi connectivity index (χ1v) is 5.98. The predicted molar refractivity (Wildman–Crippen MR) is 56.0 cm³/mol. The van der Waals surface area contributed by atoms with Gasteiger partial charge in [0.2, 0.25) is 5.91 Å². The molecule has 0 aromatic carbocycles. The molecule has 17 heavy (non-hydrogen) atoms. The Balaban J connectivity index is 1.98. The normalized spacial score (nSPS) is 31.3. The van der Waals surface area contributed by atoms with Gasteiger partial charge in [-0.05, 0) is 38.1 Å². The number of hydrogen-bond acceptors (Lipinski definition) is 2. The first kappa shape index (κ1) is 12.7. The number of rotatable bonds is 3. The largest absolute Gasteiger partial charge is 0.411 e. The van der Waals surface area contributed by atoms with Crippen molar-refractivity contribution >= 4 is 5.91 Å². The van der Waals surface area contributed by atoms with E-state index in [1.54, 1.807) is 0 Å². The molecule has 0 aromatic heterocycles. The average Bonchev–Trinajstić information content (AvgIpc) is 2.88. The summed E-state index contributed by atoms with van der Waals surface area (Å²) in [5.74, 6) is -0.758. The fourth-order valence-corrected chi connectivity index (χ4v) is 2.60. The minimum atomic E-state index is -4.33. The lowest BCUT2D eigenvalue weighted by Crippen LogP contribution is -2.50. The lowest BCUT2D eigenvalue weighted by molar-refractivity contribution is -0.171. The molecule has 2 saturated carbocycles. The minimum absolute atomic E-state index is 0.00223. The highest BCUT2D eigenvalue weighted by molar-refractivity contribution is 5.80. The number of nitrogens with two attached hydrogens (primary N) is 1. The summed E-state index contributed by atoms with van der Waals surface area (Å²) in [5, 5.41) is 2.19. The Hall–Kier alpha value is -0.780. The number of hydrogen-bond donors (Lipinski definition) is 2. The third-order valence-electron chi connectivity index (χ3n) is 3.95. The van der Waals surface area contributed by atoms with E-state index in [1.165, 1.54) is 0 Å². The van der Waals surface area contributed by atoms with E-state index in [-0.39, 0.29) is 24.7 Å². The molecule has 2 aliphatic carbocycles. The summed E-state index contributed by atoms with van der Waals surface area (Å²) >= 11 is 0. The number of carbonyl (C=O) groups excluding carboxylic acids is 1. The first-order chi connectivity index (χ1) is 7.89. The molecule has 2 unspecified atom stereocenters.